The fraction of sp³-hybridized carbons (Fsp3) is 0.360. The number of thioether (sulfide) groups is 1. The standard InChI is InChI=1S/C25H32N4O6S/c1-36-12-11-20(25(34)35)28-22(31)15-27-24(33)21(14-16-5-3-2-4-6-16)29-23(32)19(26)13-17-7-9-18(30)10-8-17/h2-10,19-21,30H,11-15,26H2,1H3,(H,27,33)(H,28,31)(H,29,32)(H,34,35). The Bertz CT molecular complexity index is 1020. The summed E-state index contributed by atoms with van der Waals surface area (Å²) in [5, 5.41) is 26.2. The summed E-state index contributed by atoms with van der Waals surface area (Å²) in [6, 6.07) is 12.3. The van der Waals surface area contributed by atoms with E-state index in [0.717, 1.165) is 11.1 Å². The Balaban J connectivity index is 2.01. The Morgan fingerprint density at radius 1 is 0.889 bits per heavy atom. The number of nitrogens with one attached hydrogen (secondary N) is 3. The third-order valence-corrected chi connectivity index (χ3v) is 5.96. The highest BCUT2D eigenvalue weighted by atomic mass is 32.2. The zero-order valence-corrected chi connectivity index (χ0v) is 20.8. The molecule has 2 aromatic rings. The highest BCUT2D eigenvalue weighted by Gasteiger charge is 2.25. The minimum Gasteiger partial charge on any atom is -0.508 e. The van der Waals surface area contributed by atoms with Gasteiger partial charge in [-0.3, -0.25) is 14.4 Å². The lowest BCUT2D eigenvalue weighted by molar-refractivity contribution is -0.141. The molecule has 3 unspecified atom stereocenters. The zero-order valence-electron chi connectivity index (χ0n) is 20.0. The molecule has 0 radical (unpaired) electrons. The number of benzene rings is 2. The normalized spacial score (nSPS) is 13.2. The van der Waals surface area contributed by atoms with Gasteiger partial charge in [-0.15, -0.1) is 0 Å². The molecule has 0 aliphatic carbocycles. The molecule has 2 rings (SSSR count). The molecule has 0 fully saturated rings. The van der Waals surface area contributed by atoms with Gasteiger partial charge in [-0.2, -0.15) is 11.8 Å². The van der Waals surface area contributed by atoms with Crippen LogP contribution in [0.2, 0.25) is 0 Å². The van der Waals surface area contributed by atoms with Gasteiger partial charge in [-0.1, -0.05) is 42.5 Å². The Kier molecular flexibility index (Phi) is 11.7. The predicted octanol–water partition coefficient (Wildman–Crippen LogP) is 0.428. The Morgan fingerprint density at radius 2 is 1.53 bits per heavy atom. The van der Waals surface area contributed by atoms with E-state index in [1.54, 1.807) is 36.4 Å². The molecule has 0 saturated carbocycles. The lowest BCUT2D eigenvalue weighted by Gasteiger charge is -2.21. The van der Waals surface area contributed by atoms with E-state index in [1.165, 1.54) is 23.9 Å². The summed E-state index contributed by atoms with van der Waals surface area (Å²) in [6.45, 7) is -0.442. The van der Waals surface area contributed by atoms with E-state index in [9.17, 15) is 29.4 Å². The molecule has 0 saturated heterocycles. The minimum atomic E-state index is -1.15. The van der Waals surface area contributed by atoms with Crippen LogP contribution in [0.15, 0.2) is 54.6 Å². The molecule has 0 spiro atoms. The summed E-state index contributed by atoms with van der Waals surface area (Å²) in [5.41, 5.74) is 7.58. The minimum absolute atomic E-state index is 0.0966. The van der Waals surface area contributed by atoms with E-state index in [4.69, 9.17) is 5.73 Å². The van der Waals surface area contributed by atoms with Gasteiger partial charge in [0.05, 0.1) is 12.6 Å². The van der Waals surface area contributed by atoms with Gasteiger partial charge in [0.15, 0.2) is 0 Å². The summed E-state index contributed by atoms with van der Waals surface area (Å²) in [4.78, 5) is 49.3. The molecule has 3 amide bonds. The van der Waals surface area contributed by atoms with Crippen LogP contribution in [0.3, 0.4) is 0 Å². The summed E-state index contributed by atoms with van der Waals surface area (Å²) >= 11 is 1.46. The number of hydrogen-bond acceptors (Lipinski definition) is 7. The maximum absolute atomic E-state index is 12.9. The number of carboxylic acids is 1. The second-order valence-electron chi connectivity index (χ2n) is 8.19. The first-order valence-electron chi connectivity index (χ1n) is 11.4. The average molecular weight is 517 g/mol. The lowest BCUT2D eigenvalue weighted by Crippen LogP contribution is -2.54. The molecule has 0 bridgehead atoms. The van der Waals surface area contributed by atoms with Gasteiger partial charge in [0, 0.05) is 6.42 Å². The number of aromatic hydroxyl groups is 1. The van der Waals surface area contributed by atoms with Gasteiger partial charge in [-0.05, 0) is 48.1 Å². The molecule has 0 aromatic heterocycles. The molecule has 0 aliphatic heterocycles. The predicted molar refractivity (Wildman–Crippen MR) is 137 cm³/mol. The van der Waals surface area contributed by atoms with Gasteiger partial charge < -0.3 is 31.9 Å². The summed E-state index contributed by atoms with van der Waals surface area (Å²) in [6.07, 6.45) is 2.44. The third kappa shape index (κ3) is 9.96. The molecule has 36 heavy (non-hydrogen) atoms. The van der Waals surface area contributed by atoms with Crippen LogP contribution in [0.1, 0.15) is 17.5 Å². The number of hydrogen-bond donors (Lipinski definition) is 6. The Labute approximate surface area is 214 Å². The molecular formula is C25H32N4O6S. The van der Waals surface area contributed by atoms with Gasteiger partial charge in [0.1, 0.15) is 17.8 Å². The third-order valence-electron chi connectivity index (χ3n) is 5.31. The fourth-order valence-corrected chi connectivity index (χ4v) is 3.82. The molecule has 10 nitrogen and oxygen atoms in total. The van der Waals surface area contributed by atoms with E-state index >= 15 is 0 Å². The summed E-state index contributed by atoms with van der Waals surface area (Å²) < 4.78 is 0. The highest BCUT2D eigenvalue weighted by Crippen LogP contribution is 2.11. The quantitative estimate of drug-likeness (QED) is 0.210. The maximum Gasteiger partial charge on any atom is 0.326 e. The van der Waals surface area contributed by atoms with Crippen LogP contribution in [0.25, 0.3) is 0 Å². The van der Waals surface area contributed by atoms with Gasteiger partial charge in [0.25, 0.3) is 0 Å². The van der Waals surface area contributed by atoms with E-state index in [0.29, 0.717) is 5.75 Å². The van der Waals surface area contributed by atoms with Crippen LogP contribution in [0.4, 0.5) is 0 Å². The van der Waals surface area contributed by atoms with Crippen molar-refractivity contribution in [3.63, 3.8) is 0 Å². The topological polar surface area (TPSA) is 171 Å². The van der Waals surface area contributed by atoms with E-state index in [2.05, 4.69) is 16.0 Å². The monoisotopic (exact) mass is 516 g/mol. The number of rotatable bonds is 14. The first kappa shape index (κ1) is 28.7. The second kappa shape index (κ2) is 14.7. The van der Waals surface area contributed by atoms with Crippen molar-refractivity contribution < 1.29 is 29.4 Å². The Morgan fingerprint density at radius 3 is 2.14 bits per heavy atom. The first-order chi connectivity index (χ1) is 17.2. The fourth-order valence-electron chi connectivity index (χ4n) is 3.35. The SMILES string of the molecule is CSCCC(NC(=O)CNC(=O)C(Cc1ccccc1)NC(=O)C(N)Cc1ccc(O)cc1)C(=O)O. The average Bonchev–Trinajstić information content (AvgIpc) is 2.86. The van der Waals surface area contributed by atoms with Gasteiger partial charge >= 0.3 is 5.97 Å². The molecule has 11 heteroatoms. The number of nitrogens with two attached hydrogens (primary N) is 1. The molecule has 2 aromatic carbocycles. The number of amides is 3. The van der Waals surface area contributed by atoms with Crippen LogP contribution >= 0.6 is 11.8 Å². The largest absolute Gasteiger partial charge is 0.508 e. The summed E-state index contributed by atoms with van der Waals surface area (Å²) in [5.74, 6) is -2.30. The Hall–Kier alpha value is -3.57. The van der Waals surface area contributed by atoms with Crippen molar-refractivity contribution in [2.45, 2.75) is 37.4 Å². The number of carbonyl (C=O) groups excluding carboxylic acids is 3. The van der Waals surface area contributed by atoms with Gasteiger partial charge in [0.2, 0.25) is 17.7 Å². The van der Waals surface area contributed by atoms with Crippen molar-refractivity contribution in [3.05, 3.63) is 65.7 Å². The van der Waals surface area contributed by atoms with Crippen molar-refractivity contribution >= 4 is 35.5 Å². The number of aliphatic carboxylic acids is 1. The van der Waals surface area contributed by atoms with Crippen LogP contribution in [0, 0.1) is 0 Å². The molecular weight excluding hydrogens is 484 g/mol. The first-order valence-corrected chi connectivity index (χ1v) is 12.8. The smallest absolute Gasteiger partial charge is 0.326 e. The highest BCUT2D eigenvalue weighted by molar-refractivity contribution is 7.98. The number of carboxylic acid groups (broad SMARTS) is 1. The van der Waals surface area contributed by atoms with Crippen LogP contribution < -0.4 is 21.7 Å². The van der Waals surface area contributed by atoms with Crippen LogP contribution in [-0.2, 0) is 32.0 Å². The number of phenols is 1. The van der Waals surface area contributed by atoms with Crippen molar-refractivity contribution in [2.75, 3.05) is 18.6 Å². The van der Waals surface area contributed by atoms with Crippen molar-refractivity contribution in [1.29, 1.82) is 0 Å². The van der Waals surface area contributed by atoms with E-state index in [-0.39, 0.29) is 25.0 Å². The molecule has 0 aliphatic rings. The zero-order chi connectivity index (χ0) is 26.5. The van der Waals surface area contributed by atoms with E-state index < -0.39 is 48.4 Å². The lowest BCUT2D eigenvalue weighted by atomic mass is 10.0. The van der Waals surface area contributed by atoms with Crippen LogP contribution in [0.5, 0.6) is 5.75 Å². The van der Waals surface area contributed by atoms with Crippen molar-refractivity contribution in [3.8, 4) is 5.75 Å². The molecule has 7 N–H and O–H groups in total. The number of phenolic OH excluding ortho intramolecular Hbond substituents is 1. The maximum atomic E-state index is 12.9. The molecule has 3 atom stereocenters. The number of carbonyl (C=O) groups is 4. The van der Waals surface area contributed by atoms with Gasteiger partial charge in [-0.25, -0.2) is 4.79 Å². The second-order valence-corrected chi connectivity index (χ2v) is 9.17. The molecule has 0 heterocycles. The van der Waals surface area contributed by atoms with Crippen LogP contribution in [-0.4, -0.2) is 70.6 Å². The molecule has 194 valence electrons. The van der Waals surface area contributed by atoms with Crippen molar-refractivity contribution in [1.82, 2.24) is 16.0 Å². The van der Waals surface area contributed by atoms with Crippen molar-refractivity contribution in [2.24, 2.45) is 5.73 Å². The summed E-state index contributed by atoms with van der Waals surface area (Å²) in [7, 11) is 0. The van der Waals surface area contributed by atoms with E-state index in [1.807, 2.05) is 12.3 Å².